The van der Waals surface area contributed by atoms with Crippen molar-refractivity contribution in [3.63, 3.8) is 0 Å². The Hall–Kier alpha value is -3.35. The Morgan fingerprint density at radius 1 is 0.971 bits per heavy atom. The number of carbonyl (C=O) groups is 1. The second-order valence-corrected chi connectivity index (χ2v) is 8.88. The van der Waals surface area contributed by atoms with Crippen LogP contribution in [0.1, 0.15) is 38.7 Å². The predicted octanol–water partition coefficient (Wildman–Crippen LogP) is 3.45. The van der Waals surface area contributed by atoms with Gasteiger partial charge in [0, 0.05) is 19.6 Å². The number of nitrogens with zero attached hydrogens (tertiary/aromatic N) is 3. The lowest BCUT2D eigenvalue weighted by molar-refractivity contribution is -0.133. The van der Waals surface area contributed by atoms with Crippen LogP contribution in [0.4, 0.5) is 0 Å². The Balaban J connectivity index is 1.37. The Morgan fingerprint density at radius 3 is 2.35 bits per heavy atom. The molecule has 0 atom stereocenters. The number of carbonyl (C=O) groups excluding carboxylic acids is 1. The van der Waals surface area contributed by atoms with Crippen molar-refractivity contribution >= 4 is 16.8 Å². The van der Waals surface area contributed by atoms with E-state index in [0.717, 1.165) is 31.4 Å². The predicted molar refractivity (Wildman–Crippen MR) is 133 cm³/mol. The molecular formula is C27H33N3O4. The van der Waals surface area contributed by atoms with E-state index in [9.17, 15) is 14.4 Å². The molecule has 7 nitrogen and oxygen atoms in total. The molecule has 0 bridgehead atoms. The van der Waals surface area contributed by atoms with Gasteiger partial charge in [-0.2, -0.15) is 0 Å². The zero-order valence-electron chi connectivity index (χ0n) is 20.0. The summed E-state index contributed by atoms with van der Waals surface area (Å²) < 4.78 is 8.15. The first-order chi connectivity index (χ1) is 16.5. The Morgan fingerprint density at radius 2 is 1.68 bits per heavy atom. The molecule has 0 saturated carbocycles. The van der Waals surface area contributed by atoms with Gasteiger partial charge in [0.25, 0.3) is 5.56 Å². The van der Waals surface area contributed by atoms with Gasteiger partial charge in [-0.1, -0.05) is 24.3 Å². The summed E-state index contributed by atoms with van der Waals surface area (Å²) in [6, 6.07) is 15.3. The van der Waals surface area contributed by atoms with Crippen molar-refractivity contribution in [3.8, 4) is 5.75 Å². The van der Waals surface area contributed by atoms with Crippen LogP contribution in [0.3, 0.4) is 0 Å². The van der Waals surface area contributed by atoms with Gasteiger partial charge in [-0.3, -0.25) is 18.7 Å². The molecule has 4 rings (SSSR count). The number of rotatable bonds is 8. The van der Waals surface area contributed by atoms with Gasteiger partial charge in [0.1, 0.15) is 12.3 Å². The van der Waals surface area contributed by atoms with Crippen molar-refractivity contribution in [2.45, 2.75) is 52.6 Å². The SMILES string of the molecule is CCOc1ccc(CCC2CCN(C(=O)Cn3c(=O)n(CC)c(=O)c4ccccc43)CC2)cc1. The number of piperidine rings is 1. The van der Waals surface area contributed by atoms with E-state index in [1.807, 2.05) is 24.0 Å². The highest BCUT2D eigenvalue weighted by Crippen LogP contribution is 2.23. The van der Waals surface area contributed by atoms with E-state index in [1.54, 1.807) is 31.2 Å². The third-order valence-electron chi connectivity index (χ3n) is 6.78. The summed E-state index contributed by atoms with van der Waals surface area (Å²) in [5, 5.41) is 0.463. The first-order valence-electron chi connectivity index (χ1n) is 12.2. The van der Waals surface area contributed by atoms with Gasteiger partial charge in [0.15, 0.2) is 0 Å². The molecule has 2 aromatic carbocycles. The summed E-state index contributed by atoms with van der Waals surface area (Å²) in [5.41, 5.74) is 1.09. The third-order valence-corrected chi connectivity index (χ3v) is 6.78. The molecule has 0 spiro atoms. The summed E-state index contributed by atoms with van der Waals surface area (Å²) in [5.74, 6) is 1.42. The Kier molecular flexibility index (Phi) is 7.50. The highest BCUT2D eigenvalue weighted by atomic mass is 16.5. The molecule has 0 radical (unpaired) electrons. The zero-order chi connectivity index (χ0) is 24.1. The van der Waals surface area contributed by atoms with Crippen molar-refractivity contribution in [3.05, 3.63) is 74.9 Å². The lowest BCUT2D eigenvalue weighted by Gasteiger charge is -2.32. The molecule has 1 fully saturated rings. The molecule has 3 aromatic rings. The number of aryl methyl sites for hydroxylation is 1. The van der Waals surface area contributed by atoms with Crippen molar-refractivity contribution < 1.29 is 9.53 Å². The van der Waals surface area contributed by atoms with Crippen LogP contribution in [-0.2, 0) is 24.3 Å². The van der Waals surface area contributed by atoms with Crippen LogP contribution >= 0.6 is 0 Å². The van der Waals surface area contributed by atoms with E-state index in [4.69, 9.17) is 4.74 Å². The monoisotopic (exact) mass is 463 g/mol. The van der Waals surface area contributed by atoms with Gasteiger partial charge in [-0.25, -0.2) is 4.79 Å². The van der Waals surface area contributed by atoms with Gasteiger partial charge in [-0.05, 0) is 75.3 Å². The van der Waals surface area contributed by atoms with E-state index in [2.05, 4.69) is 12.1 Å². The minimum absolute atomic E-state index is 0.0452. The van der Waals surface area contributed by atoms with E-state index < -0.39 is 5.69 Å². The molecule has 1 aromatic heterocycles. The molecule has 0 N–H and O–H groups in total. The molecule has 1 saturated heterocycles. The normalized spacial score (nSPS) is 14.5. The van der Waals surface area contributed by atoms with Crippen LogP contribution in [0.5, 0.6) is 5.75 Å². The van der Waals surface area contributed by atoms with E-state index in [1.165, 1.54) is 14.7 Å². The molecule has 2 heterocycles. The number of para-hydroxylation sites is 1. The number of hydrogen-bond acceptors (Lipinski definition) is 4. The van der Waals surface area contributed by atoms with Crippen LogP contribution in [0.25, 0.3) is 10.9 Å². The van der Waals surface area contributed by atoms with Crippen LogP contribution < -0.4 is 16.0 Å². The van der Waals surface area contributed by atoms with Gasteiger partial charge in [0.2, 0.25) is 5.91 Å². The zero-order valence-corrected chi connectivity index (χ0v) is 20.0. The van der Waals surface area contributed by atoms with Crippen molar-refractivity contribution in [2.75, 3.05) is 19.7 Å². The number of aromatic nitrogens is 2. The summed E-state index contributed by atoms with van der Waals surface area (Å²) >= 11 is 0. The number of benzene rings is 2. The van der Waals surface area contributed by atoms with Gasteiger partial charge >= 0.3 is 5.69 Å². The number of amides is 1. The third kappa shape index (κ3) is 5.08. The summed E-state index contributed by atoms with van der Waals surface area (Å²) in [6.45, 7) is 6.05. The molecule has 0 aliphatic carbocycles. The maximum atomic E-state index is 13.1. The maximum Gasteiger partial charge on any atom is 0.331 e. The molecule has 180 valence electrons. The standard InChI is InChI=1S/C27H33N3O4/c1-3-29-26(32)23-7-5-6-8-24(23)30(27(29)33)19-25(31)28-17-15-21(16-18-28)10-9-20-11-13-22(14-12-20)34-4-2/h5-8,11-14,21H,3-4,9-10,15-19H2,1-2H3. The fourth-order valence-corrected chi connectivity index (χ4v) is 4.80. The maximum absolute atomic E-state index is 13.1. The van der Waals surface area contributed by atoms with Crippen LogP contribution in [0.15, 0.2) is 58.1 Å². The number of hydrogen-bond donors (Lipinski definition) is 0. The second kappa shape index (κ2) is 10.7. The quantitative estimate of drug-likeness (QED) is 0.513. The van der Waals surface area contributed by atoms with Crippen LogP contribution in [0.2, 0.25) is 0 Å². The molecule has 1 aliphatic heterocycles. The summed E-state index contributed by atoms with van der Waals surface area (Å²) in [7, 11) is 0. The Bertz CT molecular complexity index is 1250. The Labute approximate surface area is 199 Å². The van der Waals surface area contributed by atoms with Gasteiger partial charge in [-0.15, -0.1) is 0 Å². The summed E-state index contributed by atoms with van der Waals surface area (Å²) in [4.78, 5) is 40.5. The first kappa shape index (κ1) is 23.8. The minimum atomic E-state index is -0.426. The number of likely N-dealkylation sites (tertiary alicyclic amines) is 1. The second-order valence-electron chi connectivity index (χ2n) is 8.88. The van der Waals surface area contributed by atoms with Gasteiger partial charge < -0.3 is 9.64 Å². The van der Waals surface area contributed by atoms with E-state index in [0.29, 0.717) is 36.5 Å². The summed E-state index contributed by atoms with van der Waals surface area (Å²) in [6.07, 6.45) is 4.05. The largest absolute Gasteiger partial charge is 0.494 e. The fourth-order valence-electron chi connectivity index (χ4n) is 4.80. The average Bonchev–Trinajstić information content (AvgIpc) is 2.87. The van der Waals surface area contributed by atoms with E-state index >= 15 is 0 Å². The van der Waals surface area contributed by atoms with E-state index in [-0.39, 0.29) is 24.6 Å². The van der Waals surface area contributed by atoms with Crippen LogP contribution in [-0.4, -0.2) is 39.6 Å². The highest BCUT2D eigenvalue weighted by molar-refractivity contribution is 5.81. The first-order valence-corrected chi connectivity index (χ1v) is 12.2. The number of ether oxygens (including phenoxy) is 1. The lowest BCUT2D eigenvalue weighted by Crippen LogP contribution is -2.45. The number of fused-ring (bicyclic) bond motifs is 1. The fraction of sp³-hybridized carbons (Fsp3) is 0.444. The van der Waals surface area contributed by atoms with Gasteiger partial charge in [0.05, 0.1) is 17.5 Å². The molecule has 1 amide bonds. The molecule has 0 unspecified atom stereocenters. The molecular weight excluding hydrogens is 430 g/mol. The van der Waals surface area contributed by atoms with Crippen molar-refractivity contribution in [1.82, 2.24) is 14.0 Å². The lowest BCUT2D eigenvalue weighted by atomic mass is 9.90. The minimum Gasteiger partial charge on any atom is -0.494 e. The molecule has 34 heavy (non-hydrogen) atoms. The smallest absolute Gasteiger partial charge is 0.331 e. The molecule has 7 heteroatoms. The average molecular weight is 464 g/mol. The van der Waals surface area contributed by atoms with Crippen molar-refractivity contribution in [2.24, 2.45) is 5.92 Å². The van der Waals surface area contributed by atoms with Crippen LogP contribution in [0, 0.1) is 5.92 Å². The van der Waals surface area contributed by atoms with Crippen molar-refractivity contribution in [1.29, 1.82) is 0 Å². The topological polar surface area (TPSA) is 73.5 Å². The molecule has 1 aliphatic rings. The highest BCUT2D eigenvalue weighted by Gasteiger charge is 2.24.